The van der Waals surface area contributed by atoms with Crippen molar-refractivity contribution in [2.24, 2.45) is 0 Å². The standard InChI is InChI=1S/C53H35N2OP/c56-57(40-18-6-2-7-19-40,41-20-8-3-9-21-41)42-34-32-37(33-35-42)36-28-30-38(31-29-36)50-49-51(55-52(54-50)39-16-4-1-5-17-39)45-24-12-15-27-48(45)53(49)46-25-13-10-22-43(46)44-23-11-14-26-47(44)53/h1-35H. The Morgan fingerprint density at radius 3 is 1.26 bits per heavy atom. The molecule has 268 valence electrons. The van der Waals surface area contributed by atoms with Crippen LogP contribution in [0.2, 0.25) is 0 Å². The van der Waals surface area contributed by atoms with Gasteiger partial charge in [0.1, 0.15) is 0 Å². The molecule has 11 rings (SSSR count). The Hall–Kier alpha value is -6.93. The third-order valence-electron chi connectivity index (χ3n) is 11.8. The van der Waals surface area contributed by atoms with Crippen molar-refractivity contribution < 1.29 is 4.57 Å². The van der Waals surface area contributed by atoms with Gasteiger partial charge in [-0.3, -0.25) is 0 Å². The van der Waals surface area contributed by atoms with Crippen molar-refractivity contribution in [1.82, 2.24) is 9.97 Å². The van der Waals surface area contributed by atoms with Crippen molar-refractivity contribution in [1.29, 1.82) is 0 Å². The lowest BCUT2D eigenvalue weighted by Crippen LogP contribution is -2.27. The van der Waals surface area contributed by atoms with Crippen molar-refractivity contribution in [3.05, 3.63) is 235 Å². The van der Waals surface area contributed by atoms with Crippen LogP contribution >= 0.6 is 7.14 Å². The van der Waals surface area contributed by atoms with Gasteiger partial charge in [-0.15, -0.1) is 0 Å². The third-order valence-corrected chi connectivity index (χ3v) is 14.9. The van der Waals surface area contributed by atoms with Crippen LogP contribution in [0.5, 0.6) is 0 Å². The van der Waals surface area contributed by atoms with E-state index in [1.54, 1.807) is 0 Å². The number of nitrogens with zero attached hydrogens (tertiary/aromatic N) is 2. The molecule has 0 saturated heterocycles. The molecular weight excluding hydrogens is 712 g/mol. The van der Waals surface area contributed by atoms with Gasteiger partial charge >= 0.3 is 0 Å². The van der Waals surface area contributed by atoms with Gasteiger partial charge in [-0.1, -0.05) is 212 Å². The molecule has 0 N–H and O–H groups in total. The van der Waals surface area contributed by atoms with Gasteiger partial charge in [0.25, 0.3) is 0 Å². The Balaban J connectivity index is 1.08. The lowest BCUT2D eigenvalue weighted by molar-refractivity contribution is 0.592. The topological polar surface area (TPSA) is 42.9 Å². The van der Waals surface area contributed by atoms with E-state index in [1.165, 1.54) is 27.8 Å². The fraction of sp³-hybridized carbons (Fsp3) is 0.0189. The molecule has 57 heavy (non-hydrogen) atoms. The van der Waals surface area contributed by atoms with Gasteiger partial charge in [0.15, 0.2) is 13.0 Å². The van der Waals surface area contributed by atoms with Crippen LogP contribution in [0.15, 0.2) is 212 Å². The predicted molar refractivity (Wildman–Crippen MR) is 234 cm³/mol. The summed E-state index contributed by atoms with van der Waals surface area (Å²) >= 11 is 0. The third kappa shape index (κ3) is 4.96. The van der Waals surface area contributed by atoms with Crippen LogP contribution in [0.1, 0.15) is 22.3 Å². The molecule has 1 spiro atoms. The van der Waals surface area contributed by atoms with E-state index in [-0.39, 0.29) is 0 Å². The van der Waals surface area contributed by atoms with Crippen LogP contribution in [-0.2, 0) is 9.98 Å². The van der Waals surface area contributed by atoms with Gasteiger partial charge in [0, 0.05) is 38.2 Å². The van der Waals surface area contributed by atoms with Crippen molar-refractivity contribution in [3.63, 3.8) is 0 Å². The Morgan fingerprint density at radius 2 is 0.719 bits per heavy atom. The zero-order valence-corrected chi connectivity index (χ0v) is 31.9. The summed E-state index contributed by atoms with van der Waals surface area (Å²) in [5.74, 6) is 0.705. The van der Waals surface area contributed by atoms with E-state index in [0.717, 1.165) is 60.7 Å². The monoisotopic (exact) mass is 746 g/mol. The van der Waals surface area contributed by atoms with Gasteiger partial charge < -0.3 is 4.57 Å². The molecule has 0 aliphatic heterocycles. The lowest BCUT2D eigenvalue weighted by Gasteiger charge is -2.31. The van der Waals surface area contributed by atoms with Gasteiger partial charge in [-0.05, 0) is 38.9 Å². The van der Waals surface area contributed by atoms with Crippen molar-refractivity contribution in [2.75, 3.05) is 0 Å². The van der Waals surface area contributed by atoms with Gasteiger partial charge in [-0.25, -0.2) is 9.97 Å². The molecule has 0 bridgehead atoms. The second-order valence-corrected chi connectivity index (χ2v) is 17.5. The van der Waals surface area contributed by atoms with Crippen LogP contribution in [0.3, 0.4) is 0 Å². The Kier molecular flexibility index (Phi) is 7.67. The molecule has 0 unspecified atom stereocenters. The molecule has 1 heterocycles. The van der Waals surface area contributed by atoms with Crippen LogP contribution in [0.25, 0.3) is 56.2 Å². The van der Waals surface area contributed by atoms with E-state index in [2.05, 4.69) is 121 Å². The van der Waals surface area contributed by atoms with E-state index >= 15 is 4.57 Å². The summed E-state index contributed by atoms with van der Waals surface area (Å²) in [4.78, 5) is 10.9. The smallest absolute Gasteiger partial charge is 0.171 e. The quantitative estimate of drug-likeness (QED) is 0.159. The molecule has 8 aromatic carbocycles. The molecule has 0 amide bonds. The van der Waals surface area contributed by atoms with E-state index < -0.39 is 12.6 Å². The van der Waals surface area contributed by atoms with Gasteiger partial charge in [0.05, 0.1) is 16.8 Å². The fourth-order valence-electron chi connectivity index (χ4n) is 9.29. The highest BCUT2D eigenvalue weighted by molar-refractivity contribution is 7.85. The predicted octanol–water partition coefficient (Wildman–Crippen LogP) is 11.5. The van der Waals surface area contributed by atoms with Gasteiger partial charge in [-0.2, -0.15) is 0 Å². The fourth-order valence-corrected chi connectivity index (χ4v) is 11.9. The minimum Gasteiger partial charge on any atom is -0.309 e. The first-order valence-electron chi connectivity index (χ1n) is 19.4. The number of hydrogen-bond donors (Lipinski definition) is 0. The largest absolute Gasteiger partial charge is 0.309 e. The van der Waals surface area contributed by atoms with Crippen LogP contribution in [-0.4, -0.2) is 9.97 Å². The molecular formula is C53H35N2OP. The zero-order valence-electron chi connectivity index (χ0n) is 31.0. The summed E-state index contributed by atoms with van der Waals surface area (Å²) in [6.45, 7) is 0. The molecule has 4 heteroatoms. The summed E-state index contributed by atoms with van der Waals surface area (Å²) in [5.41, 5.74) is 14.0. The van der Waals surface area contributed by atoms with Crippen LogP contribution < -0.4 is 15.9 Å². The number of hydrogen-bond acceptors (Lipinski definition) is 3. The highest BCUT2D eigenvalue weighted by atomic mass is 31.2. The molecule has 0 atom stereocenters. The maximum Gasteiger partial charge on any atom is 0.171 e. The summed E-state index contributed by atoms with van der Waals surface area (Å²) in [6.07, 6.45) is 0. The highest BCUT2D eigenvalue weighted by Crippen LogP contribution is 2.64. The average molecular weight is 747 g/mol. The lowest BCUT2D eigenvalue weighted by atomic mass is 9.69. The highest BCUT2D eigenvalue weighted by Gasteiger charge is 2.54. The number of fused-ring (bicyclic) bond motifs is 10. The molecule has 2 aliphatic rings. The van der Waals surface area contributed by atoms with Crippen LogP contribution in [0, 0.1) is 0 Å². The van der Waals surface area contributed by atoms with Gasteiger partial charge in [0.2, 0.25) is 0 Å². The van der Waals surface area contributed by atoms with Crippen LogP contribution in [0.4, 0.5) is 0 Å². The first-order chi connectivity index (χ1) is 28.2. The summed E-state index contributed by atoms with van der Waals surface area (Å²) < 4.78 is 15.0. The molecule has 0 saturated carbocycles. The van der Waals surface area contributed by atoms with Crippen molar-refractivity contribution in [2.45, 2.75) is 5.41 Å². The second-order valence-electron chi connectivity index (χ2n) is 14.8. The van der Waals surface area contributed by atoms with E-state index in [9.17, 15) is 0 Å². The zero-order chi connectivity index (χ0) is 38.0. The summed E-state index contributed by atoms with van der Waals surface area (Å²) in [5, 5.41) is 2.47. The number of aromatic nitrogens is 2. The van der Waals surface area contributed by atoms with E-state index in [4.69, 9.17) is 9.97 Å². The number of benzene rings is 8. The summed E-state index contributed by atoms with van der Waals surface area (Å²) in [6, 6.07) is 73.4. The van der Waals surface area contributed by atoms with E-state index in [0.29, 0.717) is 5.82 Å². The Bertz CT molecular complexity index is 2930. The molecule has 2 aliphatic carbocycles. The number of rotatable bonds is 6. The Morgan fingerprint density at radius 1 is 0.333 bits per heavy atom. The molecule has 0 fully saturated rings. The van der Waals surface area contributed by atoms with Crippen molar-refractivity contribution >= 4 is 23.1 Å². The minimum absolute atomic E-state index is 0.580. The SMILES string of the molecule is O=P(c1ccccc1)(c1ccccc1)c1ccc(-c2ccc(-c3nc(-c4ccccc4)nc4c3C3(c5ccccc5-c5ccccc53)c3ccccc3-4)cc2)cc1. The maximum atomic E-state index is 15.0. The molecule has 0 radical (unpaired) electrons. The Labute approximate surface area is 332 Å². The first kappa shape index (κ1) is 33.4. The average Bonchev–Trinajstić information content (AvgIpc) is 3.77. The minimum atomic E-state index is -3.07. The first-order valence-corrected chi connectivity index (χ1v) is 21.1. The van der Waals surface area contributed by atoms with Crippen molar-refractivity contribution in [3.8, 4) is 56.2 Å². The maximum absolute atomic E-state index is 15.0. The molecule has 1 aromatic heterocycles. The molecule has 3 nitrogen and oxygen atoms in total. The normalized spacial score (nSPS) is 13.1. The van der Waals surface area contributed by atoms with E-state index in [1.807, 2.05) is 91.0 Å². The second kappa shape index (κ2) is 13.1. The summed E-state index contributed by atoms with van der Waals surface area (Å²) in [7, 11) is -3.07. The molecule has 9 aromatic rings.